The quantitative estimate of drug-likeness (QED) is 0.569. The van der Waals surface area contributed by atoms with Gasteiger partial charge in [0.15, 0.2) is 5.78 Å². The van der Waals surface area contributed by atoms with E-state index in [1.54, 1.807) is 6.92 Å². The molecular formula is C9H14N2OS. The lowest BCUT2D eigenvalue weighted by atomic mass is 10.3. The maximum Gasteiger partial charge on any atom is 0.176 e. The van der Waals surface area contributed by atoms with Crippen molar-refractivity contribution in [2.75, 3.05) is 17.6 Å². The van der Waals surface area contributed by atoms with Gasteiger partial charge in [-0.1, -0.05) is 0 Å². The molecule has 0 saturated heterocycles. The Morgan fingerprint density at radius 1 is 1.69 bits per heavy atom. The van der Waals surface area contributed by atoms with E-state index < -0.39 is 0 Å². The molecule has 1 aromatic heterocycles. The molecule has 1 heterocycles. The lowest BCUT2D eigenvalue weighted by Crippen LogP contribution is -2.00. The van der Waals surface area contributed by atoms with E-state index >= 15 is 0 Å². The second kappa shape index (κ2) is 4.37. The third-order valence-electron chi connectivity index (χ3n) is 1.81. The molecule has 0 atom stereocenters. The second-order valence-electron chi connectivity index (χ2n) is 2.93. The van der Waals surface area contributed by atoms with Gasteiger partial charge in [0.1, 0.15) is 0 Å². The lowest BCUT2D eigenvalue weighted by Gasteiger charge is -1.97. The van der Waals surface area contributed by atoms with E-state index in [2.05, 4.69) is 17.9 Å². The maximum absolute atomic E-state index is 11.1. The average molecular weight is 198 g/mol. The van der Waals surface area contributed by atoms with Gasteiger partial charge in [0, 0.05) is 32.5 Å². The molecule has 0 aliphatic carbocycles. The van der Waals surface area contributed by atoms with Crippen LogP contribution in [0.15, 0.2) is 12.3 Å². The summed E-state index contributed by atoms with van der Waals surface area (Å²) in [7, 11) is 1.86. The molecule has 1 rings (SSSR count). The van der Waals surface area contributed by atoms with Crippen LogP contribution in [-0.4, -0.2) is 22.6 Å². The van der Waals surface area contributed by atoms with Gasteiger partial charge in [-0.15, -0.1) is 0 Å². The molecule has 0 unspecified atom stereocenters. The Labute approximate surface area is 83.5 Å². The summed E-state index contributed by atoms with van der Waals surface area (Å²) < 4.78 is 1.82. The smallest absolute Gasteiger partial charge is 0.176 e. The molecule has 3 nitrogen and oxygen atoms in total. The first-order valence-electron chi connectivity index (χ1n) is 4.17. The topological polar surface area (TPSA) is 34.0 Å². The number of rotatable bonds is 4. The van der Waals surface area contributed by atoms with Crippen molar-refractivity contribution in [1.29, 1.82) is 0 Å². The summed E-state index contributed by atoms with van der Waals surface area (Å²) in [5.41, 5.74) is 1.70. The van der Waals surface area contributed by atoms with Crippen LogP contribution in [-0.2, 0) is 7.05 Å². The molecule has 1 aromatic rings. The van der Waals surface area contributed by atoms with Crippen molar-refractivity contribution in [3.05, 3.63) is 18.0 Å². The van der Waals surface area contributed by atoms with Gasteiger partial charge < -0.3 is 9.88 Å². The molecule has 0 radical (unpaired) electrons. The maximum atomic E-state index is 11.1. The fourth-order valence-electron chi connectivity index (χ4n) is 1.21. The number of ketones is 1. The Balaban J connectivity index is 2.76. The van der Waals surface area contributed by atoms with E-state index in [0.29, 0.717) is 0 Å². The van der Waals surface area contributed by atoms with Gasteiger partial charge in [-0.25, -0.2) is 0 Å². The Morgan fingerprint density at radius 3 is 2.85 bits per heavy atom. The Bertz CT molecular complexity index is 307. The van der Waals surface area contributed by atoms with Gasteiger partial charge in [0.2, 0.25) is 0 Å². The standard InChI is InChI=1S/C9H14N2OS/c1-7(12)9-5-8(6-11(9)2)10-3-4-13/h5-6,10,13H,3-4H2,1-2H3. The van der Waals surface area contributed by atoms with Crippen molar-refractivity contribution in [2.45, 2.75) is 6.92 Å². The van der Waals surface area contributed by atoms with Crippen molar-refractivity contribution >= 4 is 24.1 Å². The SMILES string of the molecule is CC(=O)c1cc(NCCS)cn1C. The highest BCUT2D eigenvalue weighted by Crippen LogP contribution is 2.12. The van der Waals surface area contributed by atoms with Crippen LogP contribution in [0.25, 0.3) is 0 Å². The monoisotopic (exact) mass is 198 g/mol. The highest BCUT2D eigenvalue weighted by molar-refractivity contribution is 7.80. The number of nitrogens with one attached hydrogen (secondary N) is 1. The Hall–Kier alpha value is -0.900. The van der Waals surface area contributed by atoms with E-state index in [0.717, 1.165) is 23.7 Å². The van der Waals surface area contributed by atoms with Gasteiger partial charge in [-0.2, -0.15) is 12.6 Å². The number of anilines is 1. The molecule has 0 saturated carbocycles. The molecule has 4 heteroatoms. The molecule has 0 bridgehead atoms. The van der Waals surface area contributed by atoms with Crippen LogP contribution < -0.4 is 5.32 Å². The number of nitrogens with zero attached hydrogens (tertiary/aromatic N) is 1. The first-order chi connectivity index (χ1) is 6.15. The van der Waals surface area contributed by atoms with Crippen LogP contribution in [0, 0.1) is 0 Å². The van der Waals surface area contributed by atoms with Crippen LogP contribution in [0.1, 0.15) is 17.4 Å². The molecular weight excluding hydrogens is 184 g/mol. The van der Waals surface area contributed by atoms with Gasteiger partial charge in [0.25, 0.3) is 0 Å². The van der Waals surface area contributed by atoms with Crippen molar-refractivity contribution in [3.63, 3.8) is 0 Å². The average Bonchev–Trinajstić information content (AvgIpc) is 2.43. The van der Waals surface area contributed by atoms with Crippen molar-refractivity contribution < 1.29 is 4.79 Å². The largest absolute Gasteiger partial charge is 0.383 e. The third kappa shape index (κ3) is 2.52. The molecule has 72 valence electrons. The summed E-state index contributed by atoms with van der Waals surface area (Å²) in [4.78, 5) is 11.1. The first kappa shape index (κ1) is 10.2. The summed E-state index contributed by atoms with van der Waals surface area (Å²) in [6, 6.07) is 1.85. The number of hydrogen-bond donors (Lipinski definition) is 2. The van der Waals surface area contributed by atoms with Crippen LogP contribution in [0.2, 0.25) is 0 Å². The van der Waals surface area contributed by atoms with Crippen molar-refractivity contribution in [2.24, 2.45) is 7.05 Å². The van der Waals surface area contributed by atoms with E-state index in [4.69, 9.17) is 0 Å². The normalized spacial score (nSPS) is 10.1. The minimum Gasteiger partial charge on any atom is -0.383 e. The van der Waals surface area contributed by atoms with Gasteiger partial charge in [0.05, 0.1) is 11.4 Å². The van der Waals surface area contributed by atoms with Crippen molar-refractivity contribution in [3.8, 4) is 0 Å². The highest BCUT2D eigenvalue weighted by Gasteiger charge is 2.05. The summed E-state index contributed by atoms with van der Waals surface area (Å²) in [5.74, 6) is 0.867. The molecule has 0 aromatic carbocycles. The summed E-state index contributed by atoms with van der Waals surface area (Å²) in [6.07, 6.45) is 1.90. The molecule has 13 heavy (non-hydrogen) atoms. The number of aryl methyl sites for hydroxylation is 1. The van der Waals surface area contributed by atoms with Gasteiger partial charge in [-0.05, 0) is 6.07 Å². The van der Waals surface area contributed by atoms with E-state index in [1.807, 2.05) is 23.9 Å². The number of thiol groups is 1. The number of carbonyl (C=O) groups is 1. The van der Waals surface area contributed by atoms with Crippen LogP contribution in [0.4, 0.5) is 5.69 Å². The van der Waals surface area contributed by atoms with E-state index in [9.17, 15) is 4.79 Å². The first-order valence-corrected chi connectivity index (χ1v) is 4.80. The minimum absolute atomic E-state index is 0.0847. The molecule has 0 spiro atoms. The van der Waals surface area contributed by atoms with Crippen molar-refractivity contribution in [1.82, 2.24) is 4.57 Å². The highest BCUT2D eigenvalue weighted by atomic mass is 32.1. The summed E-state index contributed by atoms with van der Waals surface area (Å²) in [5, 5.41) is 3.16. The molecule has 0 aliphatic heterocycles. The lowest BCUT2D eigenvalue weighted by molar-refractivity contribution is 0.101. The zero-order valence-corrected chi connectivity index (χ0v) is 8.77. The second-order valence-corrected chi connectivity index (χ2v) is 3.38. The Morgan fingerprint density at radius 2 is 2.38 bits per heavy atom. The van der Waals surface area contributed by atoms with Gasteiger partial charge in [-0.3, -0.25) is 4.79 Å². The van der Waals surface area contributed by atoms with E-state index in [-0.39, 0.29) is 5.78 Å². The third-order valence-corrected chi connectivity index (χ3v) is 2.03. The fourth-order valence-corrected chi connectivity index (χ4v) is 1.32. The summed E-state index contributed by atoms with van der Waals surface area (Å²) in [6.45, 7) is 2.38. The number of aromatic nitrogens is 1. The summed E-state index contributed by atoms with van der Waals surface area (Å²) >= 11 is 4.09. The molecule has 0 amide bonds. The minimum atomic E-state index is 0.0847. The van der Waals surface area contributed by atoms with Crippen LogP contribution in [0.3, 0.4) is 0 Å². The number of Topliss-reactive ketones (excluding diaryl/α,β-unsaturated/α-hetero) is 1. The van der Waals surface area contributed by atoms with Gasteiger partial charge >= 0.3 is 0 Å². The predicted molar refractivity (Wildman–Crippen MR) is 57.8 cm³/mol. The molecule has 0 aliphatic rings. The van der Waals surface area contributed by atoms with E-state index in [1.165, 1.54) is 0 Å². The zero-order valence-electron chi connectivity index (χ0n) is 7.87. The Kier molecular flexibility index (Phi) is 3.42. The number of hydrogen-bond acceptors (Lipinski definition) is 3. The predicted octanol–water partition coefficient (Wildman–Crippen LogP) is 1.57. The number of carbonyl (C=O) groups excluding carboxylic acids is 1. The molecule has 1 N–H and O–H groups in total. The zero-order chi connectivity index (χ0) is 9.84. The molecule has 0 fully saturated rings. The fraction of sp³-hybridized carbons (Fsp3) is 0.444. The van der Waals surface area contributed by atoms with Crippen LogP contribution in [0.5, 0.6) is 0 Å². The van der Waals surface area contributed by atoms with Crippen LogP contribution >= 0.6 is 12.6 Å².